The van der Waals surface area contributed by atoms with Gasteiger partial charge in [-0.25, -0.2) is 9.97 Å². The van der Waals surface area contributed by atoms with Crippen molar-refractivity contribution in [1.82, 2.24) is 9.97 Å². The first-order chi connectivity index (χ1) is 7.89. The molecule has 18 heavy (non-hydrogen) atoms. The Labute approximate surface area is 105 Å². The molecule has 0 radical (unpaired) electrons. The largest absolute Gasteiger partial charge is 0.460 e. The predicted octanol–water partition coefficient (Wildman–Crippen LogP) is 4.07. The molecule has 0 N–H and O–H groups in total. The molecule has 1 aromatic heterocycles. The van der Waals surface area contributed by atoms with Crippen molar-refractivity contribution in [2.75, 3.05) is 0 Å². The molecule has 0 spiro atoms. The van der Waals surface area contributed by atoms with Gasteiger partial charge in [-0.15, -0.1) is 0 Å². The van der Waals surface area contributed by atoms with Gasteiger partial charge in [-0.3, -0.25) is 0 Å². The van der Waals surface area contributed by atoms with E-state index in [1.165, 1.54) is 0 Å². The van der Waals surface area contributed by atoms with Gasteiger partial charge in [0.15, 0.2) is 0 Å². The third-order valence-corrected chi connectivity index (χ3v) is 2.08. The van der Waals surface area contributed by atoms with Crippen LogP contribution in [0.4, 0.5) is 30.7 Å². The van der Waals surface area contributed by atoms with Crippen molar-refractivity contribution in [1.29, 1.82) is 0 Å². The zero-order valence-electron chi connectivity index (χ0n) is 7.87. The van der Waals surface area contributed by atoms with Gasteiger partial charge in [0.25, 0.3) is 0 Å². The van der Waals surface area contributed by atoms with E-state index in [2.05, 4.69) is 9.97 Å². The van der Waals surface area contributed by atoms with Gasteiger partial charge >= 0.3 is 18.0 Å². The topological polar surface area (TPSA) is 25.8 Å². The summed E-state index contributed by atoms with van der Waals surface area (Å²) in [7, 11) is 0. The minimum absolute atomic E-state index is 0.703. The molecule has 1 heterocycles. The Hall–Kier alpha value is -0.830. The van der Waals surface area contributed by atoms with Gasteiger partial charge in [-0.05, 0) is 0 Å². The second-order valence-corrected chi connectivity index (χ2v) is 3.76. The highest BCUT2D eigenvalue weighted by Gasteiger charge is 2.75. The quantitative estimate of drug-likeness (QED) is 0.607. The van der Waals surface area contributed by atoms with E-state index in [4.69, 9.17) is 23.2 Å². The van der Waals surface area contributed by atoms with E-state index in [0.717, 1.165) is 0 Å². The standard InChI is InChI=1S/C7HCl2F7N2/c8-2-1-3(9)18-4(17-2)5(10,11)6(12,13)7(14,15)16/h1H. The number of alkyl halides is 7. The predicted molar refractivity (Wildman–Crippen MR) is 46.9 cm³/mol. The summed E-state index contributed by atoms with van der Waals surface area (Å²) < 4.78 is 87.0. The van der Waals surface area contributed by atoms with E-state index >= 15 is 0 Å². The SMILES string of the molecule is FC(F)(F)C(F)(F)C(F)(F)c1nc(Cl)cc(Cl)n1. The van der Waals surface area contributed by atoms with Crippen LogP contribution in [0.1, 0.15) is 5.82 Å². The van der Waals surface area contributed by atoms with Crippen LogP contribution in [0.3, 0.4) is 0 Å². The van der Waals surface area contributed by atoms with Crippen LogP contribution in [-0.2, 0) is 5.92 Å². The van der Waals surface area contributed by atoms with Gasteiger partial charge in [-0.1, -0.05) is 23.2 Å². The molecule has 11 heteroatoms. The first kappa shape index (κ1) is 15.2. The summed E-state index contributed by atoms with van der Waals surface area (Å²) in [5.74, 6) is -14.2. The smallest absolute Gasteiger partial charge is 0.215 e. The van der Waals surface area contributed by atoms with Gasteiger partial charge in [-0.2, -0.15) is 30.7 Å². The van der Waals surface area contributed by atoms with E-state index in [-0.39, 0.29) is 0 Å². The molecule has 0 fully saturated rings. The molecule has 0 aliphatic rings. The molecule has 0 unspecified atom stereocenters. The van der Waals surface area contributed by atoms with Gasteiger partial charge < -0.3 is 0 Å². The average Bonchev–Trinajstić information content (AvgIpc) is 2.13. The fourth-order valence-corrected chi connectivity index (χ4v) is 1.27. The molecule has 102 valence electrons. The Bertz CT molecular complexity index is 439. The number of rotatable bonds is 2. The fourth-order valence-electron chi connectivity index (χ4n) is 0.849. The van der Waals surface area contributed by atoms with Gasteiger partial charge in [0.1, 0.15) is 10.3 Å². The number of hydrogen-bond donors (Lipinski definition) is 0. The van der Waals surface area contributed by atoms with Crippen LogP contribution in [0, 0.1) is 0 Å². The summed E-state index contributed by atoms with van der Waals surface area (Å²) in [6.45, 7) is 0. The maximum Gasteiger partial charge on any atom is 0.460 e. The van der Waals surface area contributed by atoms with E-state index in [1.54, 1.807) is 0 Å². The highest BCUT2D eigenvalue weighted by atomic mass is 35.5. The summed E-state index contributed by atoms with van der Waals surface area (Å²) in [6, 6.07) is 0.703. The highest BCUT2D eigenvalue weighted by molar-refractivity contribution is 6.33. The molecule has 2 nitrogen and oxygen atoms in total. The number of halogens is 9. The maximum atomic E-state index is 13.1. The second kappa shape index (κ2) is 4.37. The van der Waals surface area contributed by atoms with Crippen LogP contribution in [0.25, 0.3) is 0 Å². The Balaban J connectivity index is 3.37. The van der Waals surface area contributed by atoms with Crippen LogP contribution < -0.4 is 0 Å². The lowest BCUT2D eigenvalue weighted by Gasteiger charge is -2.26. The number of nitrogens with zero attached hydrogens (tertiary/aromatic N) is 2. The minimum atomic E-state index is -6.48. The molecule has 0 amide bonds. The normalized spacial score (nSPS) is 13.8. The van der Waals surface area contributed by atoms with Crippen molar-refractivity contribution in [3.63, 3.8) is 0 Å². The number of hydrogen-bond acceptors (Lipinski definition) is 2. The van der Waals surface area contributed by atoms with Crippen molar-refractivity contribution in [2.24, 2.45) is 0 Å². The molecule has 1 rings (SSSR count). The second-order valence-electron chi connectivity index (χ2n) is 2.98. The number of aromatic nitrogens is 2. The van der Waals surface area contributed by atoms with Crippen LogP contribution in [0.2, 0.25) is 10.3 Å². The lowest BCUT2D eigenvalue weighted by atomic mass is 10.1. The monoisotopic (exact) mass is 316 g/mol. The van der Waals surface area contributed by atoms with Crippen LogP contribution in [-0.4, -0.2) is 22.1 Å². The van der Waals surface area contributed by atoms with Gasteiger partial charge in [0.05, 0.1) is 0 Å². The summed E-state index contributed by atoms with van der Waals surface area (Å²) in [4.78, 5) is 5.25. The maximum absolute atomic E-state index is 13.1. The Morgan fingerprint density at radius 1 is 0.833 bits per heavy atom. The average molecular weight is 317 g/mol. The van der Waals surface area contributed by atoms with Gasteiger partial charge in [0, 0.05) is 6.07 Å². The third-order valence-electron chi connectivity index (χ3n) is 1.69. The molecular weight excluding hydrogens is 316 g/mol. The van der Waals surface area contributed by atoms with E-state index in [0.29, 0.717) is 6.07 Å². The van der Waals surface area contributed by atoms with Gasteiger partial charge in [0.2, 0.25) is 5.82 Å². The van der Waals surface area contributed by atoms with Crippen molar-refractivity contribution >= 4 is 23.2 Å². The van der Waals surface area contributed by atoms with Crippen molar-refractivity contribution in [2.45, 2.75) is 18.0 Å². The molecular formula is C7HCl2F7N2. The lowest BCUT2D eigenvalue weighted by molar-refractivity contribution is -0.361. The molecule has 0 bridgehead atoms. The van der Waals surface area contributed by atoms with Crippen molar-refractivity contribution in [3.8, 4) is 0 Å². The molecule has 0 atom stereocenters. The van der Waals surface area contributed by atoms with Crippen molar-refractivity contribution < 1.29 is 30.7 Å². The molecule has 0 saturated carbocycles. The molecule has 1 aromatic rings. The zero-order chi connectivity index (χ0) is 14.4. The third kappa shape index (κ3) is 2.46. The first-order valence-corrected chi connectivity index (χ1v) is 4.68. The van der Waals surface area contributed by atoms with E-state index in [1.807, 2.05) is 0 Å². The fraction of sp³-hybridized carbons (Fsp3) is 0.429. The molecule has 0 saturated heterocycles. The first-order valence-electron chi connectivity index (χ1n) is 3.92. The van der Waals surface area contributed by atoms with Crippen LogP contribution >= 0.6 is 23.2 Å². The van der Waals surface area contributed by atoms with Crippen LogP contribution in [0.5, 0.6) is 0 Å². The van der Waals surface area contributed by atoms with Crippen molar-refractivity contribution in [3.05, 3.63) is 22.2 Å². The summed E-state index contributed by atoms with van der Waals surface area (Å²) >= 11 is 10.3. The summed E-state index contributed by atoms with van der Waals surface area (Å²) in [5.41, 5.74) is 0. The zero-order valence-corrected chi connectivity index (χ0v) is 9.39. The highest BCUT2D eigenvalue weighted by Crippen LogP contribution is 2.51. The molecule has 0 aromatic carbocycles. The van der Waals surface area contributed by atoms with E-state index in [9.17, 15) is 30.7 Å². The van der Waals surface area contributed by atoms with Crippen LogP contribution in [0.15, 0.2) is 6.07 Å². The van der Waals surface area contributed by atoms with E-state index < -0.39 is 34.2 Å². The Kier molecular flexibility index (Phi) is 3.70. The molecule has 0 aliphatic carbocycles. The minimum Gasteiger partial charge on any atom is -0.215 e. The Morgan fingerprint density at radius 2 is 1.22 bits per heavy atom. The summed E-state index contributed by atoms with van der Waals surface area (Å²) in [5, 5.41) is -1.58. The summed E-state index contributed by atoms with van der Waals surface area (Å²) in [6.07, 6.45) is -6.48. The Morgan fingerprint density at radius 3 is 1.56 bits per heavy atom. The molecule has 0 aliphatic heterocycles. The lowest BCUT2D eigenvalue weighted by Crippen LogP contribution is -2.50.